The van der Waals surface area contributed by atoms with E-state index in [0.717, 1.165) is 19.3 Å². The van der Waals surface area contributed by atoms with Crippen LogP contribution in [0.2, 0.25) is 0 Å². The molecule has 0 aromatic carbocycles. The standard InChI is InChI=1S/C18H29N5O7/c1-12-11-23(17(28)22-14(12)24)9-4-2-3-5-10-30-18(29)21-13(15(25)26)7-6-8-20-16(19)27/h11,13H,2-10H2,1H3,(H,21,29)(H,25,26)(H3,19,20,27)(H,22,24,28)/t13-/m1/s1. The number of carboxylic acids is 1. The zero-order valence-electron chi connectivity index (χ0n) is 16.9. The number of amides is 3. The number of carbonyl (C=O) groups is 3. The van der Waals surface area contributed by atoms with Gasteiger partial charge in [0.25, 0.3) is 5.56 Å². The van der Waals surface area contributed by atoms with Crippen molar-refractivity contribution in [3.8, 4) is 0 Å². The van der Waals surface area contributed by atoms with Crippen molar-refractivity contribution in [2.75, 3.05) is 13.2 Å². The summed E-state index contributed by atoms with van der Waals surface area (Å²) in [5.74, 6) is -1.20. The molecule has 12 heteroatoms. The Morgan fingerprint density at radius 1 is 1.20 bits per heavy atom. The number of hydrogen-bond donors (Lipinski definition) is 5. The minimum atomic E-state index is -1.20. The van der Waals surface area contributed by atoms with E-state index in [1.54, 1.807) is 6.92 Å². The number of urea groups is 1. The summed E-state index contributed by atoms with van der Waals surface area (Å²) in [6.45, 7) is 2.45. The van der Waals surface area contributed by atoms with Crippen LogP contribution in [0.3, 0.4) is 0 Å². The Bertz CT molecular complexity index is 833. The van der Waals surface area contributed by atoms with Crippen molar-refractivity contribution in [1.29, 1.82) is 0 Å². The summed E-state index contributed by atoms with van der Waals surface area (Å²) in [4.78, 5) is 58.7. The summed E-state index contributed by atoms with van der Waals surface area (Å²) >= 11 is 0. The lowest BCUT2D eigenvalue weighted by Crippen LogP contribution is -2.41. The molecule has 0 bridgehead atoms. The third-order valence-corrected chi connectivity index (χ3v) is 4.27. The van der Waals surface area contributed by atoms with Crippen molar-refractivity contribution in [3.63, 3.8) is 0 Å². The number of nitrogens with zero attached hydrogens (tertiary/aromatic N) is 1. The van der Waals surface area contributed by atoms with Crippen LogP contribution in [0.1, 0.15) is 44.1 Å². The third-order valence-electron chi connectivity index (χ3n) is 4.27. The van der Waals surface area contributed by atoms with Gasteiger partial charge in [-0.1, -0.05) is 6.42 Å². The molecule has 0 aliphatic rings. The van der Waals surface area contributed by atoms with Crippen molar-refractivity contribution in [2.45, 2.75) is 58.0 Å². The molecule has 30 heavy (non-hydrogen) atoms. The predicted molar refractivity (Wildman–Crippen MR) is 107 cm³/mol. The Hall–Kier alpha value is -3.31. The van der Waals surface area contributed by atoms with Crippen LogP contribution in [0.15, 0.2) is 15.8 Å². The first-order valence-electron chi connectivity index (χ1n) is 9.70. The number of hydrogen-bond acceptors (Lipinski definition) is 6. The van der Waals surface area contributed by atoms with Crippen molar-refractivity contribution >= 4 is 18.1 Å². The summed E-state index contributed by atoms with van der Waals surface area (Å²) in [6, 6.07) is -1.82. The maximum Gasteiger partial charge on any atom is 0.407 e. The van der Waals surface area contributed by atoms with Crippen LogP contribution in [-0.4, -0.2) is 51.9 Å². The molecule has 1 heterocycles. The van der Waals surface area contributed by atoms with Gasteiger partial charge in [-0.05, 0) is 39.0 Å². The number of aromatic nitrogens is 2. The van der Waals surface area contributed by atoms with Gasteiger partial charge in [-0.2, -0.15) is 0 Å². The number of carbonyl (C=O) groups excluding carboxylic acids is 2. The highest BCUT2D eigenvalue weighted by atomic mass is 16.5. The molecule has 0 spiro atoms. The predicted octanol–water partition coefficient (Wildman–Crippen LogP) is 0.0333. The van der Waals surface area contributed by atoms with Gasteiger partial charge in [0.2, 0.25) is 0 Å². The lowest BCUT2D eigenvalue weighted by atomic mass is 10.1. The second-order valence-corrected chi connectivity index (χ2v) is 6.78. The van der Waals surface area contributed by atoms with E-state index in [4.69, 9.17) is 15.6 Å². The maximum atomic E-state index is 11.7. The fourth-order valence-corrected chi connectivity index (χ4v) is 2.65. The maximum absolute atomic E-state index is 11.7. The molecule has 0 saturated heterocycles. The molecule has 1 rings (SSSR count). The number of unbranched alkanes of at least 4 members (excludes halogenated alkanes) is 3. The summed E-state index contributed by atoms with van der Waals surface area (Å²) in [7, 11) is 0. The Labute approximate surface area is 172 Å². The lowest BCUT2D eigenvalue weighted by molar-refractivity contribution is -0.139. The van der Waals surface area contributed by atoms with E-state index >= 15 is 0 Å². The SMILES string of the molecule is Cc1cn(CCCCCCOC(=O)N[C@H](CCCNC(N)=O)C(=O)O)c(=O)[nH]c1=O. The highest BCUT2D eigenvalue weighted by Crippen LogP contribution is 2.03. The minimum absolute atomic E-state index is 0.119. The van der Waals surface area contributed by atoms with Gasteiger partial charge in [0.15, 0.2) is 0 Å². The molecule has 0 aliphatic heterocycles. The molecule has 0 fully saturated rings. The van der Waals surface area contributed by atoms with Crippen LogP contribution in [0.5, 0.6) is 0 Å². The second kappa shape index (κ2) is 13.0. The normalized spacial score (nSPS) is 11.5. The minimum Gasteiger partial charge on any atom is -0.480 e. The number of alkyl carbamates (subject to hydrolysis) is 1. The molecule has 0 unspecified atom stereocenters. The first-order chi connectivity index (χ1) is 14.2. The molecular formula is C18H29N5O7. The quantitative estimate of drug-likeness (QED) is 0.275. The van der Waals surface area contributed by atoms with Crippen LogP contribution in [0, 0.1) is 6.92 Å². The molecule has 0 aliphatic carbocycles. The van der Waals surface area contributed by atoms with E-state index < -0.39 is 29.8 Å². The number of carboxylic acid groups (broad SMARTS) is 1. The Kier molecular flexibility index (Phi) is 10.7. The van der Waals surface area contributed by atoms with Gasteiger partial charge in [-0.3, -0.25) is 9.78 Å². The molecule has 0 radical (unpaired) electrons. The van der Waals surface area contributed by atoms with Gasteiger partial charge in [-0.15, -0.1) is 0 Å². The van der Waals surface area contributed by atoms with Gasteiger partial charge in [0.1, 0.15) is 6.04 Å². The Morgan fingerprint density at radius 3 is 2.57 bits per heavy atom. The fourth-order valence-electron chi connectivity index (χ4n) is 2.65. The van der Waals surface area contributed by atoms with Gasteiger partial charge in [-0.25, -0.2) is 19.2 Å². The number of rotatable bonds is 13. The number of aromatic amines is 1. The lowest BCUT2D eigenvalue weighted by Gasteiger charge is -2.14. The van der Waals surface area contributed by atoms with Gasteiger partial charge >= 0.3 is 23.8 Å². The number of aliphatic carboxylic acids is 1. The van der Waals surface area contributed by atoms with Crippen molar-refractivity contribution in [2.24, 2.45) is 5.73 Å². The van der Waals surface area contributed by atoms with Gasteiger partial charge in [0, 0.05) is 24.8 Å². The number of nitrogens with one attached hydrogen (secondary N) is 3. The molecule has 0 saturated carbocycles. The smallest absolute Gasteiger partial charge is 0.407 e. The van der Waals surface area contributed by atoms with Crippen LogP contribution >= 0.6 is 0 Å². The zero-order chi connectivity index (χ0) is 22.5. The van der Waals surface area contributed by atoms with E-state index in [2.05, 4.69) is 15.6 Å². The van der Waals surface area contributed by atoms with Crippen molar-refractivity contribution < 1.29 is 24.2 Å². The molecule has 3 amide bonds. The van der Waals surface area contributed by atoms with Crippen LogP contribution in [-0.2, 0) is 16.1 Å². The molecule has 1 aromatic rings. The summed E-state index contributed by atoms with van der Waals surface area (Å²) in [5, 5.41) is 13.7. The molecular weight excluding hydrogens is 398 g/mol. The monoisotopic (exact) mass is 427 g/mol. The molecule has 1 atom stereocenters. The topological polar surface area (TPSA) is 186 Å². The van der Waals surface area contributed by atoms with Gasteiger partial charge in [0.05, 0.1) is 6.61 Å². The van der Waals surface area contributed by atoms with E-state index in [1.807, 2.05) is 0 Å². The summed E-state index contributed by atoms with van der Waals surface area (Å²) < 4.78 is 6.43. The Morgan fingerprint density at radius 2 is 1.90 bits per heavy atom. The van der Waals surface area contributed by atoms with Crippen molar-refractivity contribution in [3.05, 3.63) is 32.6 Å². The van der Waals surface area contributed by atoms with E-state index in [0.29, 0.717) is 24.9 Å². The highest BCUT2D eigenvalue weighted by Gasteiger charge is 2.20. The second-order valence-electron chi connectivity index (χ2n) is 6.78. The van der Waals surface area contributed by atoms with E-state index in [9.17, 15) is 24.0 Å². The largest absolute Gasteiger partial charge is 0.480 e. The zero-order valence-corrected chi connectivity index (χ0v) is 16.9. The summed E-state index contributed by atoms with van der Waals surface area (Å²) in [5.41, 5.74) is 4.55. The average Bonchev–Trinajstić information content (AvgIpc) is 2.66. The van der Waals surface area contributed by atoms with Gasteiger partial charge < -0.3 is 30.8 Å². The number of nitrogens with two attached hydrogens (primary N) is 1. The Balaban J connectivity index is 2.19. The molecule has 1 aromatic heterocycles. The molecule has 6 N–H and O–H groups in total. The van der Waals surface area contributed by atoms with Crippen LogP contribution in [0.25, 0.3) is 0 Å². The highest BCUT2D eigenvalue weighted by molar-refractivity contribution is 5.79. The van der Waals surface area contributed by atoms with Crippen LogP contribution < -0.4 is 27.6 Å². The van der Waals surface area contributed by atoms with E-state index in [-0.39, 0.29) is 25.1 Å². The first-order valence-corrected chi connectivity index (χ1v) is 9.70. The van der Waals surface area contributed by atoms with Crippen LogP contribution in [0.4, 0.5) is 9.59 Å². The number of ether oxygens (including phenoxy) is 1. The van der Waals surface area contributed by atoms with Crippen molar-refractivity contribution in [1.82, 2.24) is 20.2 Å². The summed E-state index contributed by atoms with van der Waals surface area (Å²) in [6.07, 6.45) is 4.02. The number of primary amides is 1. The number of aryl methyl sites for hydroxylation is 2. The van der Waals surface area contributed by atoms with E-state index in [1.165, 1.54) is 10.8 Å². The molecule has 168 valence electrons. The first kappa shape index (κ1) is 24.7. The number of H-pyrrole nitrogens is 1. The molecule has 12 nitrogen and oxygen atoms in total. The fraction of sp³-hybridized carbons (Fsp3) is 0.611. The third kappa shape index (κ3) is 9.75. The average molecular weight is 427 g/mol.